The number of aliphatic hydroxyl groups excluding tert-OH is 1. The van der Waals surface area contributed by atoms with E-state index in [1.807, 2.05) is 29.2 Å². The van der Waals surface area contributed by atoms with E-state index in [1.54, 1.807) is 11.6 Å². The Kier molecular flexibility index (Phi) is 5.61. The summed E-state index contributed by atoms with van der Waals surface area (Å²) in [6.45, 7) is 3.11. The standard InChI is InChI=1S/C26H31N5O3/c1-2-4-20(32)30-12-3-11-26(15-30)13-19(14-26)31-24(27)21(25(28)34)22(29-31)16-5-7-17(8-6-16)23(33)18-9-10-18/h5-8,18-19,23,33H,3,9-15,27H2,1H3,(H2,28,34)/t19-,23?,26-. The molecule has 2 aromatic rings. The molecular weight excluding hydrogens is 430 g/mol. The fraction of sp³-hybridized carbons (Fsp3) is 0.500. The SMILES string of the molecule is CC#CC(=O)N1CCC[C@]2(C1)C[C@H](n1nc(-c3ccc(C(O)C4CC4)cc3)c(C(N)=O)c1N)C2. The van der Waals surface area contributed by atoms with Crippen molar-refractivity contribution >= 4 is 17.6 Å². The van der Waals surface area contributed by atoms with Crippen molar-refractivity contribution in [1.82, 2.24) is 14.7 Å². The number of anilines is 1. The number of hydrogen-bond acceptors (Lipinski definition) is 5. The molecule has 5 rings (SSSR count). The molecular formula is C26H31N5O3. The summed E-state index contributed by atoms with van der Waals surface area (Å²) in [5.41, 5.74) is 14.4. The molecule has 2 amide bonds. The molecule has 5 N–H and O–H groups in total. The molecule has 1 saturated heterocycles. The largest absolute Gasteiger partial charge is 0.388 e. The number of rotatable bonds is 5. The van der Waals surface area contributed by atoms with Gasteiger partial charge >= 0.3 is 0 Å². The van der Waals surface area contributed by atoms with Gasteiger partial charge in [-0.15, -0.1) is 0 Å². The van der Waals surface area contributed by atoms with Crippen molar-refractivity contribution in [1.29, 1.82) is 0 Å². The predicted molar refractivity (Wildman–Crippen MR) is 128 cm³/mol. The van der Waals surface area contributed by atoms with Gasteiger partial charge in [0.1, 0.15) is 17.1 Å². The highest BCUT2D eigenvalue weighted by Gasteiger charge is 2.49. The summed E-state index contributed by atoms with van der Waals surface area (Å²) in [6.07, 6.45) is 5.33. The quantitative estimate of drug-likeness (QED) is 0.590. The van der Waals surface area contributed by atoms with Crippen LogP contribution in [-0.4, -0.2) is 44.7 Å². The van der Waals surface area contributed by atoms with Gasteiger partial charge in [-0.2, -0.15) is 5.10 Å². The van der Waals surface area contributed by atoms with Gasteiger partial charge in [-0.3, -0.25) is 9.59 Å². The molecule has 178 valence electrons. The summed E-state index contributed by atoms with van der Waals surface area (Å²) < 4.78 is 1.74. The number of carbonyl (C=O) groups excluding carboxylic acids is 2. The number of primary amides is 1. The summed E-state index contributed by atoms with van der Waals surface area (Å²) in [5, 5.41) is 15.1. The van der Waals surface area contributed by atoms with E-state index in [0.717, 1.165) is 56.2 Å². The van der Waals surface area contributed by atoms with Crippen molar-refractivity contribution in [2.75, 3.05) is 18.8 Å². The lowest BCUT2D eigenvalue weighted by Gasteiger charge is -2.52. The summed E-state index contributed by atoms with van der Waals surface area (Å²) in [4.78, 5) is 26.4. The first-order valence-corrected chi connectivity index (χ1v) is 12.0. The van der Waals surface area contributed by atoms with Crippen molar-refractivity contribution < 1.29 is 14.7 Å². The van der Waals surface area contributed by atoms with Gasteiger partial charge in [0, 0.05) is 18.7 Å². The average Bonchev–Trinajstić information content (AvgIpc) is 3.60. The van der Waals surface area contributed by atoms with E-state index < -0.39 is 12.0 Å². The number of aromatic nitrogens is 2. The Bertz CT molecular complexity index is 1180. The second-order valence-corrected chi connectivity index (χ2v) is 10.1. The predicted octanol–water partition coefficient (Wildman–Crippen LogP) is 2.64. The Labute approximate surface area is 199 Å². The monoisotopic (exact) mass is 461 g/mol. The van der Waals surface area contributed by atoms with Crippen LogP contribution in [0.2, 0.25) is 0 Å². The molecule has 1 spiro atoms. The molecule has 0 bridgehead atoms. The Hall–Kier alpha value is -3.31. The summed E-state index contributed by atoms with van der Waals surface area (Å²) >= 11 is 0. The Morgan fingerprint density at radius 1 is 1.24 bits per heavy atom. The number of carbonyl (C=O) groups is 2. The third-order valence-corrected chi connectivity index (χ3v) is 7.65. The van der Waals surface area contributed by atoms with Crippen molar-refractivity contribution in [2.24, 2.45) is 17.1 Å². The molecule has 2 aliphatic carbocycles. The zero-order valence-corrected chi connectivity index (χ0v) is 19.5. The van der Waals surface area contributed by atoms with E-state index in [9.17, 15) is 14.7 Å². The van der Waals surface area contributed by atoms with E-state index in [0.29, 0.717) is 18.2 Å². The number of nitrogens with two attached hydrogens (primary N) is 2. The lowest BCUT2D eigenvalue weighted by atomic mass is 9.61. The zero-order chi connectivity index (χ0) is 24.0. The Balaban J connectivity index is 1.37. The highest BCUT2D eigenvalue weighted by molar-refractivity contribution is 6.03. The number of nitrogens with zero attached hydrogens (tertiary/aromatic N) is 3. The highest BCUT2D eigenvalue weighted by Crippen LogP contribution is 2.54. The van der Waals surface area contributed by atoms with E-state index in [1.165, 1.54) is 0 Å². The molecule has 1 atom stereocenters. The lowest BCUT2D eigenvalue weighted by molar-refractivity contribution is -0.131. The fourth-order valence-corrected chi connectivity index (χ4v) is 5.71. The summed E-state index contributed by atoms with van der Waals surface area (Å²) in [5.74, 6) is 5.24. The molecule has 1 aromatic heterocycles. The molecule has 0 radical (unpaired) electrons. The smallest absolute Gasteiger partial charge is 0.298 e. The van der Waals surface area contributed by atoms with Crippen LogP contribution in [0.5, 0.6) is 0 Å². The van der Waals surface area contributed by atoms with Crippen LogP contribution in [0.15, 0.2) is 24.3 Å². The van der Waals surface area contributed by atoms with E-state index in [4.69, 9.17) is 16.6 Å². The maximum absolute atomic E-state index is 12.3. The number of benzene rings is 1. The van der Waals surface area contributed by atoms with Crippen molar-refractivity contribution in [3.05, 3.63) is 35.4 Å². The van der Waals surface area contributed by atoms with Gasteiger partial charge in [-0.1, -0.05) is 30.2 Å². The lowest BCUT2D eigenvalue weighted by Crippen LogP contribution is -2.52. The number of amides is 2. The Morgan fingerprint density at radius 3 is 2.56 bits per heavy atom. The highest BCUT2D eigenvalue weighted by atomic mass is 16.3. The average molecular weight is 462 g/mol. The molecule has 3 fully saturated rings. The molecule has 8 heteroatoms. The minimum absolute atomic E-state index is 0.0417. The number of piperidine rings is 1. The van der Waals surface area contributed by atoms with Gasteiger partial charge in [0.05, 0.1) is 12.1 Å². The molecule has 3 aliphatic rings. The molecule has 2 heterocycles. The van der Waals surface area contributed by atoms with Gasteiger partial charge in [0.2, 0.25) is 0 Å². The third-order valence-electron chi connectivity index (χ3n) is 7.65. The van der Waals surface area contributed by atoms with Crippen LogP contribution in [-0.2, 0) is 4.79 Å². The van der Waals surface area contributed by atoms with E-state index in [2.05, 4.69) is 11.8 Å². The maximum atomic E-state index is 12.3. The van der Waals surface area contributed by atoms with Crippen LogP contribution in [0.25, 0.3) is 11.3 Å². The van der Waals surface area contributed by atoms with Crippen LogP contribution < -0.4 is 11.5 Å². The third kappa shape index (κ3) is 3.94. The van der Waals surface area contributed by atoms with Crippen molar-refractivity contribution in [2.45, 2.75) is 57.6 Å². The zero-order valence-electron chi connectivity index (χ0n) is 19.5. The number of nitrogen functional groups attached to an aromatic ring is 1. The molecule has 1 aromatic carbocycles. The second kappa shape index (κ2) is 8.48. The minimum atomic E-state index is -0.609. The van der Waals surface area contributed by atoms with Gasteiger partial charge in [-0.25, -0.2) is 4.68 Å². The van der Waals surface area contributed by atoms with Crippen molar-refractivity contribution in [3.8, 4) is 23.1 Å². The minimum Gasteiger partial charge on any atom is -0.388 e. The molecule has 1 aliphatic heterocycles. The molecule has 1 unspecified atom stereocenters. The van der Waals surface area contributed by atoms with Crippen LogP contribution in [0, 0.1) is 23.2 Å². The number of likely N-dealkylation sites (tertiary alicyclic amines) is 1. The number of aliphatic hydroxyl groups is 1. The normalized spacial score (nSPS) is 24.8. The van der Waals surface area contributed by atoms with Crippen LogP contribution in [0.3, 0.4) is 0 Å². The fourth-order valence-electron chi connectivity index (χ4n) is 5.71. The maximum Gasteiger partial charge on any atom is 0.298 e. The molecule has 34 heavy (non-hydrogen) atoms. The van der Waals surface area contributed by atoms with Gasteiger partial charge < -0.3 is 21.5 Å². The molecule has 8 nitrogen and oxygen atoms in total. The first kappa shape index (κ1) is 22.5. The summed E-state index contributed by atoms with van der Waals surface area (Å²) in [6, 6.07) is 7.53. The van der Waals surface area contributed by atoms with Crippen LogP contribution in [0.1, 0.15) is 73.5 Å². The van der Waals surface area contributed by atoms with Gasteiger partial charge in [0.25, 0.3) is 11.8 Å². The Morgan fingerprint density at radius 2 is 1.94 bits per heavy atom. The van der Waals surface area contributed by atoms with Crippen LogP contribution in [0.4, 0.5) is 5.82 Å². The second-order valence-electron chi connectivity index (χ2n) is 10.1. The van der Waals surface area contributed by atoms with E-state index >= 15 is 0 Å². The topological polar surface area (TPSA) is 127 Å². The first-order valence-electron chi connectivity index (χ1n) is 12.0. The van der Waals surface area contributed by atoms with Crippen LogP contribution >= 0.6 is 0 Å². The van der Waals surface area contributed by atoms with Crippen molar-refractivity contribution in [3.63, 3.8) is 0 Å². The van der Waals surface area contributed by atoms with E-state index in [-0.39, 0.29) is 28.7 Å². The summed E-state index contributed by atoms with van der Waals surface area (Å²) in [7, 11) is 0. The number of hydrogen-bond donors (Lipinski definition) is 3. The molecule has 2 saturated carbocycles. The van der Waals surface area contributed by atoms with Gasteiger partial charge in [0.15, 0.2) is 0 Å². The first-order chi connectivity index (χ1) is 16.3. The van der Waals surface area contributed by atoms with Gasteiger partial charge in [-0.05, 0) is 68.3 Å².